The minimum Gasteiger partial charge on any atom is -0.359 e. The first-order valence-electron chi connectivity index (χ1n) is 8.51. The van der Waals surface area contributed by atoms with Gasteiger partial charge in [-0.2, -0.15) is 5.10 Å². The molecule has 26 heavy (non-hydrogen) atoms. The van der Waals surface area contributed by atoms with E-state index in [-0.39, 0.29) is 5.91 Å². The van der Waals surface area contributed by atoms with Gasteiger partial charge in [0.05, 0.1) is 11.9 Å². The second-order valence-electron chi connectivity index (χ2n) is 6.45. The molecule has 0 bridgehead atoms. The van der Waals surface area contributed by atoms with Crippen molar-refractivity contribution in [3.05, 3.63) is 34.5 Å². The minimum absolute atomic E-state index is 0.0138. The van der Waals surface area contributed by atoms with E-state index in [4.69, 9.17) is 0 Å². The van der Waals surface area contributed by atoms with Gasteiger partial charge in [0.1, 0.15) is 10.7 Å². The summed E-state index contributed by atoms with van der Waals surface area (Å²) in [5.74, 6) is 0.0138. The van der Waals surface area contributed by atoms with Crippen LogP contribution in [0.4, 0.5) is 5.13 Å². The normalized spacial score (nSPS) is 15.4. The fourth-order valence-electron chi connectivity index (χ4n) is 3.02. The van der Waals surface area contributed by atoms with Gasteiger partial charge in [0.15, 0.2) is 5.13 Å². The van der Waals surface area contributed by atoms with Crippen LogP contribution >= 0.6 is 22.7 Å². The number of nitrogens with zero attached hydrogens (tertiary/aromatic N) is 5. The zero-order valence-electron chi connectivity index (χ0n) is 14.7. The molecule has 1 amide bonds. The molecule has 4 heterocycles. The molecule has 0 spiro atoms. The first-order valence-corrected chi connectivity index (χ1v) is 10.3. The van der Waals surface area contributed by atoms with Crippen molar-refractivity contribution in [1.82, 2.24) is 24.6 Å². The Morgan fingerprint density at radius 1 is 1.23 bits per heavy atom. The predicted molar refractivity (Wildman–Crippen MR) is 104 cm³/mol. The average Bonchev–Trinajstić information content (AvgIpc) is 3.36. The summed E-state index contributed by atoms with van der Waals surface area (Å²) in [5.41, 5.74) is 2.51. The number of likely N-dealkylation sites (tertiary alicyclic amines) is 1. The van der Waals surface area contributed by atoms with E-state index >= 15 is 0 Å². The van der Waals surface area contributed by atoms with Crippen molar-refractivity contribution in [2.24, 2.45) is 7.05 Å². The molecule has 136 valence electrons. The van der Waals surface area contributed by atoms with Gasteiger partial charge < -0.3 is 10.2 Å². The van der Waals surface area contributed by atoms with Crippen LogP contribution in [-0.2, 0) is 7.05 Å². The summed E-state index contributed by atoms with van der Waals surface area (Å²) in [6, 6.07) is 0.367. The van der Waals surface area contributed by atoms with E-state index in [9.17, 15) is 4.79 Å². The fourth-order valence-corrected chi connectivity index (χ4v) is 4.56. The standard InChI is InChI=1S/C17H20N6OS2/c1-11-9-26-17(19-11)20-13-3-5-23(6-4-13)16(24)14-10-25-15(21-14)12-7-18-22(2)8-12/h7-10,13H,3-6H2,1-2H3,(H,19,20). The largest absolute Gasteiger partial charge is 0.359 e. The van der Waals surface area contributed by atoms with Crippen LogP contribution < -0.4 is 5.32 Å². The molecule has 0 unspecified atom stereocenters. The molecule has 1 aliphatic heterocycles. The molecule has 1 saturated heterocycles. The molecular weight excluding hydrogens is 368 g/mol. The highest BCUT2D eigenvalue weighted by atomic mass is 32.1. The fraction of sp³-hybridized carbons (Fsp3) is 0.412. The molecule has 0 saturated carbocycles. The second-order valence-corrected chi connectivity index (χ2v) is 8.16. The molecule has 1 fully saturated rings. The van der Waals surface area contributed by atoms with Crippen LogP contribution in [0.2, 0.25) is 0 Å². The van der Waals surface area contributed by atoms with Crippen molar-refractivity contribution < 1.29 is 4.79 Å². The van der Waals surface area contributed by atoms with Crippen LogP contribution in [0.1, 0.15) is 29.0 Å². The number of amides is 1. The van der Waals surface area contributed by atoms with E-state index in [2.05, 4.69) is 20.4 Å². The predicted octanol–water partition coefficient (Wildman–Crippen LogP) is 3.03. The van der Waals surface area contributed by atoms with E-state index in [0.29, 0.717) is 11.7 Å². The molecule has 3 aromatic heterocycles. The number of hydrogen-bond acceptors (Lipinski definition) is 7. The SMILES string of the molecule is Cc1csc(NC2CCN(C(=O)c3csc(-c4cnn(C)c4)n3)CC2)n1. The zero-order valence-corrected chi connectivity index (χ0v) is 16.3. The Morgan fingerprint density at radius 2 is 2.04 bits per heavy atom. The molecule has 4 rings (SSSR count). The van der Waals surface area contributed by atoms with Crippen LogP contribution in [0.5, 0.6) is 0 Å². The number of nitrogens with one attached hydrogen (secondary N) is 1. The molecular formula is C17H20N6OS2. The van der Waals surface area contributed by atoms with E-state index in [1.165, 1.54) is 11.3 Å². The summed E-state index contributed by atoms with van der Waals surface area (Å²) in [7, 11) is 1.87. The third kappa shape index (κ3) is 3.63. The third-order valence-electron chi connectivity index (χ3n) is 4.40. The Balaban J connectivity index is 1.35. The Labute approximate surface area is 159 Å². The average molecular weight is 389 g/mol. The number of rotatable bonds is 4. The van der Waals surface area contributed by atoms with Gasteiger partial charge in [-0.3, -0.25) is 9.48 Å². The Hall–Kier alpha value is -2.26. The van der Waals surface area contributed by atoms with Gasteiger partial charge in [-0.1, -0.05) is 0 Å². The van der Waals surface area contributed by atoms with Gasteiger partial charge in [0.25, 0.3) is 5.91 Å². The Kier molecular flexibility index (Phi) is 4.73. The number of aryl methyl sites for hydroxylation is 2. The smallest absolute Gasteiger partial charge is 0.273 e. The third-order valence-corrected chi connectivity index (χ3v) is 6.19. The molecule has 0 aliphatic carbocycles. The molecule has 3 aromatic rings. The van der Waals surface area contributed by atoms with Gasteiger partial charge in [0, 0.05) is 48.7 Å². The van der Waals surface area contributed by atoms with E-state index in [0.717, 1.165) is 47.3 Å². The maximum Gasteiger partial charge on any atom is 0.273 e. The Morgan fingerprint density at radius 3 is 2.69 bits per heavy atom. The van der Waals surface area contributed by atoms with Crippen LogP contribution in [0.15, 0.2) is 23.2 Å². The summed E-state index contributed by atoms with van der Waals surface area (Å²) in [6.07, 6.45) is 5.52. The van der Waals surface area contributed by atoms with Gasteiger partial charge in [-0.15, -0.1) is 22.7 Å². The van der Waals surface area contributed by atoms with E-state index in [1.807, 2.05) is 35.8 Å². The number of hydrogen-bond donors (Lipinski definition) is 1. The highest BCUT2D eigenvalue weighted by molar-refractivity contribution is 7.13. The van der Waals surface area contributed by atoms with Gasteiger partial charge >= 0.3 is 0 Å². The van der Waals surface area contributed by atoms with Crippen molar-refractivity contribution in [2.45, 2.75) is 25.8 Å². The first-order chi connectivity index (χ1) is 12.6. The van der Waals surface area contributed by atoms with Crippen LogP contribution in [0.25, 0.3) is 10.6 Å². The molecule has 1 aliphatic rings. The van der Waals surface area contributed by atoms with Crippen LogP contribution in [-0.4, -0.2) is 49.7 Å². The van der Waals surface area contributed by atoms with Gasteiger partial charge in [0.2, 0.25) is 0 Å². The minimum atomic E-state index is 0.0138. The molecule has 1 N–H and O–H groups in total. The molecule has 7 nitrogen and oxygen atoms in total. The number of anilines is 1. The van der Waals surface area contributed by atoms with Crippen molar-refractivity contribution in [2.75, 3.05) is 18.4 Å². The van der Waals surface area contributed by atoms with E-state index < -0.39 is 0 Å². The molecule has 0 radical (unpaired) electrons. The van der Waals surface area contributed by atoms with Crippen molar-refractivity contribution in [3.63, 3.8) is 0 Å². The molecule has 0 aromatic carbocycles. The summed E-state index contributed by atoms with van der Waals surface area (Å²) in [5, 5.41) is 13.3. The summed E-state index contributed by atoms with van der Waals surface area (Å²) in [6.45, 7) is 3.47. The highest BCUT2D eigenvalue weighted by Gasteiger charge is 2.25. The van der Waals surface area contributed by atoms with Crippen molar-refractivity contribution in [1.29, 1.82) is 0 Å². The zero-order chi connectivity index (χ0) is 18.1. The highest BCUT2D eigenvalue weighted by Crippen LogP contribution is 2.25. The monoisotopic (exact) mass is 388 g/mol. The Bertz CT molecular complexity index is 906. The lowest BCUT2D eigenvalue weighted by Gasteiger charge is -2.31. The number of thiazole rings is 2. The molecule has 9 heteroatoms. The quantitative estimate of drug-likeness (QED) is 0.743. The summed E-state index contributed by atoms with van der Waals surface area (Å²) in [4.78, 5) is 23.6. The number of carbonyl (C=O) groups excluding carboxylic acids is 1. The summed E-state index contributed by atoms with van der Waals surface area (Å²) >= 11 is 3.11. The number of carbonyl (C=O) groups is 1. The number of piperidine rings is 1. The topological polar surface area (TPSA) is 75.9 Å². The van der Waals surface area contributed by atoms with Crippen LogP contribution in [0, 0.1) is 6.92 Å². The lowest BCUT2D eigenvalue weighted by Crippen LogP contribution is -2.42. The van der Waals surface area contributed by atoms with Gasteiger partial charge in [-0.05, 0) is 19.8 Å². The lowest BCUT2D eigenvalue weighted by molar-refractivity contribution is 0.0713. The van der Waals surface area contributed by atoms with Crippen molar-refractivity contribution in [3.8, 4) is 10.6 Å². The molecule has 0 atom stereocenters. The maximum atomic E-state index is 12.7. The summed E-state index contributed by atoms with van der Waals surface area (Å²) < 4.78 is 1.74. The van der Waals surface area contributed by atoms with E-state index in [1.54, 1.807) is 22.2 Å². The number of aromatic nitrogens is 4. The maximum absolute atomic E-state index is 12.7. The second kappa shape index (κ2) is 7.16. The van der Waals surface area contributed by atoms with Gasteiger partial charge in [-0.25, -0.2) is 9.97 Å². The first kappa shape index (κ1) is 17.2. The lowest BCUT2D eigenvalue weighted by atomic mass is 10.1. The van der Waals surface area contributed by atoms with Crippen LogP contribution in [0.3, 0.4) is 0 Å². The van der Waals surface area contributed by atoms with Crippen molar-refractivity contribution >= 4 is 33.7 Å².